The van der Waals surface area contributed by atoms with Crippen LogP contribution in [0.3, 0.4) is 0 Å². The van der Waals surface area contributed by atoms with E-state index >= 15 is 0 Å². The van der Waals surface area contributed by atoms with Gasteiger partial charge in [-0.3, -0.25) is 0 Å². The van der Waals surface area contributed by atoms with Crippen molar-refractivity contribution in [3.63, 3.8) is 0 Å². The third-order valence-electron chi connectivity index (χ3n) is 2.33. The number of hydrogen-bond donors (Lipinski definition) is 1. The second-order valence-corrected chi connectivity index (χ2v) is 4.20. The molecule has 0 fully saturated rings. The van der Waals surface area contributed by atoms with Crippen molar-refractivity contribution in [1.82, 2.24) is 5.32 Å². The molecule has 0 amide bonds. The lowest BCUT2D eigenvalue weighted by atomic mass is 10.2. The summed E-state index contributed by atoms with van der Waals surface area (Å²) in [5, 5.41) is 3.32. The minimum Gasteiger partial charge on any atom is -0.481 e. The van der Waals surface area contributed by atoms with E-state index < -0.39 is 0 Å². The van der Waals surface area contributed by atoms with Crippen LogP contribution in [0.25, 0.3) is 0 Å². The van der Waals surface area contributed by atoms with Crippen LogP contribution in [0.2, 0.25) is 0 Å². The summed E-state index contributed by atoms with van der Waals surface area (Å²) in [4.78, 5) is 0. The van der Waals surface area contributed by atoms with Crippen molar-refractivity contribution >= 4 is 0 Å². The van der Waals surface area contributed by atoms with E-state index in [0.717, 1.165) is 24.4 Å². The molecule has 3 nitrogen and oxygen atoms in total. The summed E-state index contributed by atoms with van der Waals surface area (Å²) in [6.07, 6.45) is 5.46. The highest BCUT2D eigenvalue weighted by molar-refractivity contribution is 5.33. The van der Waals surface area contributed by atoms with Gasteiger partial charge in [-0.2, -0.15) is 0 Å². The van der Waals surface area contributed by atoms with Crippen LogP contribution in [0.1, 0.15) is 19.4 Å². The van der Waals surface area contributed by atoms with Crippen LogP contribution in [-0.4, -0.2) is 25.9 Å². The number of rotatable bonds is 8. The van der Waals surface area contributed by atoms with Gasteiger partial charge in [0.2, 0.25) is 0 Å². The normalized spacial score (nSPS) is 10.3. The van der Waals surface area contributed by atoms with Crippen LogP contribution >= 0.6 is 0 Å². The molecule has 0 heterocycles. The van der Waals surface area contributed by atoms with Crippen LogP contribution in [0.15, 0.2) is 24.3 Å². The van der Waals surface area contributed by atoms with Gasteiger partial charge in [0.1, 0.15) is 12.4 Å². The molecule has 98 valence electrons. The lowest BCUT2D eigenvalue weighted by Gasteiger charge is -2.11. The molecule has 3 heteroatoms. The Kier molecular flexibility index (Phi) is 6.93. The Balaban J connectivity index is 2.35. The van der Waals surface area contributed by atoms with Gasteiger partial charge in [-0.05, 0) is 19.9 Å². The van der Waals surface area contributed by atoms with Gasteiger partial charge in [0.25, 0.3) is 0 Å². The van der Waals surface area contributed by atoms with Gasteiger partial charge in [-0.15, -0.1) is 6.42 Å². The molecule has 0 unspecified atom stereocenters. The molecule has 18 heavy (non-hydrogen) atoms. The first kappa shape index (κ1) is 14.6. The Labute approximate surface area is 109 Å². The average Bonchev–Trinajstić information content (AvgIpc) is 2.36. The van der Waals surface area contributed by atoms with Gasteiger partial charge < -0.3 is 14.8 Å². The highest BCUT2D eigenvalue weighted by Crippen LogP contribution is 2.17. The van der Waals surface area contributed by atoms with Crippen molar-refractivity contribution < 1.29 is 9.47 Å². The molecule has 0 saturated carbocycles. The van der Waals surface area contributed by atoms with E-state index in [9.17, 15) is 0 Å². The number of nitrogens with one attached hydrogen (secondary N) is 1. The van der Waals surface area contributed by atoms with Crippen LogP contribution in [-0.2, 0) is 11.3 Å². The summed E-state index contributed by atoms with van der Waals surface area (Å²) in [6.45, 7) is 6.65. The predicted molar refractivity (Wildman–Crippen MR) is 73.6 cm³/mol. The fourth-order valence-electron chi connectivity index (χ4n) is 1.50. The minimum absolute atomic E-state index is 0.276. The highest BCUT2D eigenvalue weighted by Gasteiger charge is 2.01. The first-order chi connectivity index (χ1) is 8.74. The molecule has 0 atom stereocenters. The molecule has 0 spiro atoms. The van der Waals surface area contributed by atoms with E-state index in [0.29, 0.717) is 13.2 Å². The number of benzene rings is 1. The lowest BCUT2D eigenvalue weighted by Crippen LogP contribution is -2.21. The number of ether oxygens (including phenoxy) is 2. The molecule has 0 aliphatic heterocycles. The van der Waals surface area contributed by atoms with Crippen LogP contribution in [0.4, 0.5) is 0 Å². The summed E-state index contributed by atoms with van der Waals surface area (Å²) < 4.78 is 10.9. The first-order valence-electron chi connectivity index (χ1n) is 6.20. The second kappa shape index (κ2) is 8.57. The molecule has 0 aliphatic carbocycles. The van der Waals surface area contributed by atoms with Crippen molar-refractivity contribution in [3.05, 3.63) is 29.8 Å². The first-order valence-corrected chi connectivity index (χ1v) is 6.20. The summed E-state index contributed by atoms with van der Waals surface area (Å²) in [5.74, 6) is 3.31. The molecule has 1 rings (SSSR count). The highest BCUT2D eigenvalue weighted by atomic mass is 16.5. The number of para-hydroxylation sites is 1. The number of hydrogen-bond acceptors (Lipinski definition) is 3. The molecular weight excluding hydrogens is 226 g/mol. The van der Waals surface area contributed by atoms with Crippen molar-refractivity contribution in [2.45, 2.75) is 26.5 Å². The van der Waals surface area contributed by atoms with Crippen molar-refractivity contribution in [3.8, 4) is 18.1 Å². The number of terminal acetylenes is 1. The summed E-state index contributed by atoms with van der Waals surface area (Å²) in [7, 11) is 0. The van der Waals surface area contributed by atoms with E-state index in [1.54, 1.807) is 0 Å². The smallest absolute Gasteiger partial charge is 0.148 e. The zero-order valence-corrected chi connectivity index (χ0v) is 11.1. The largest absolute Gasteiger partial charge is 0.481 e. The molecule has 0 saturated heterocycles. The van der Waals surface area contributed by atoms with Crippen LogP contribution < -0.4 is 10.1 Å². The third-order valence-corrected chi connectivity index (χ3v) is 2.33. The summed E-state index contributed by atoms with van der Waals surface area (Å²) in [6, 6.07) is 7.89. The predicted octanol–water partition coefficient (Wildman–Crippen LogP) is 2.21. The van der Waals surface area contributed by atoms with E-state index in [1.165, 1.54) is 0 Å². The topological polar surface area (TPSA) is 30.5 Å². The van der Waals surface area contributed by atoms with E-state index in [-0.39, 0.29) is 6.10 Å². The van der Waals surface area contributed by atoms with E-state index in [2.05, 4.69) is 11.2 Å². The van der Waals surface area contributed by atoms with Gasteiger partial charge >= 0.3 is 0 Å². The zero-order chi connectivity index (χ0) is 13.2. The summed E-state index contributed by atoms with van der Waals surface area (Å²) >= 11 is 0. The fraction of sp³-hybridized carbons (Fsp3) is 0.467. The van der Waals surface area contributed by atoms with Crippen molar-refractivity contribution in [2.75, 3.05) is 19.8 Å². The minimum atomic E-state index is 0.276. The maximum absolute atomic E-state index is 5.47. The monoisotopic (exact) mass is 247 g/mol. The molecular formula is C15H21NO2. The van der Waals surface area contributed by atoms with Crippen molar-refractivity contribution in [2.24, 2.45) is 0 Å². The van der Waals surface area contributed by atoms with Crippen LogP contribution in [0, 0.1) is 12.3 Å². The SMILES string of the molecule is C#CCOc1ccccc1CNCCOC(C)C. The molecule has 1 aromatic carbocycles. The quantitative estimate of drug-likeness (QED) is 0.564. The van der Waals surface area contributed by atoms with Gasteiger partial charge in [0, 0.05) is 18.7 Å². The van der Waals surface area contributed by atoms with Crippen LogP contribution in [0.5, 0.6) is 5.75 Å². The van der Waals surface area contributed by atoms with E-state index in [1.807, 2.05) is 38.1 Å². The molecule has 0 aromatic heterocycles. The Morgan fingerprint density at radius 1 is 1.33 bits per heavy atom. The fourth-order valence-corrected chi connectivity index (χ4v) is 1.50. The zero-order valence-electron chi connectivity index (χ0n) is 11.1. The molecule has 0 bridgehead atoms. The Bertz CT molecular complexity index is 382. The molecule has 1 aromatic rings. The Morgan fingerprint density at radius 2 is 2.11 bits per heavy atom. The van der Waals surface area contributed by atoms with Gasteiger partial charge in [0.15, 0.2) is 0 Å². The Hall–Kier alpha value is -1.50. The van der Waals surface area contributed by atoms with Gasteiger partial charge in [-0.1, -0.05) is 24.1 Å². The maximum atomic E-state index is 5.47. The standard InChI is InChI=1S/C15H21NO2/c1-4-10-18-15-8-6-5-7-14(15)12-16-9-11-17-13(2)3/h1,5-8,13,16H,9-12H2,2-3H3. The lowest BCUT2D eigenvalue weighted by molar-refractivity contribution is 0.0807. The van der Waals surface area contributed by atoms with Gasteiger partial charge in [0.05, 0.1) is 12.7 Å². The Morgan fingerprint density at radius 3 is 2.83 bits per heavy atom. The average molecular weight is 247 g/mol. The third kappa shape index (κ3) is 5.72. The molecule has 0 radical (unpaired) electrons. The molecule has 0 aliphatic rings. The summed E-state index contributed by atoms with van der Waals surface area (Å²) in [5.41, 5.74) is 1.11. The maximum Gasteiger partial charge on any atom is 0.148 e. The van der Waals surface area contributed by atoms with Gasteiger partial charge in [-0.25, -0.2) is 0 Å². The molecule has 1 N–H and O–H groups in total. The van der Waals surface area contributed by atoms with Crippen molar-refractivity contribution in [1.29, 1.82) is 0 Å². The second-order valence-electron chi connectivity index (χ2n) is 4.20. The van der Waals surface area contributed by atoms with E-state index in [4.69, 9.17) is 15.9 Å².